The van der Waals surface area contributed by atoms with E-state index >= 15 is 0 Å². The molecule has 0 radical (unpaired) electrons. The highest BCUT2D eigenvalue weighted by Gasteiger charge is 2.36. The molecule has 1 aromatic carbocycles. The van der Waals surface area contributed by atoms with Crippen molar-refractivity contribution in [1.82, 2.24) is 5.32 Å². The Hall–Kier alpha value is -1.16. The van der Waals surface area contributed by atoms with E-state index in [4.69, 9.17) is 9.05 Å². The minimum absolute atomic E-state index is 0.118. The molecule has 0 saturated carbocycles. The van der Waals surface area contributed by atoms with E-state index in [1.54, 1.807) is 13.8 Å². The molecule has 1 aromatic rings. The zero-order valence-electron chi connectivity index (χ0n) is 14.3. The Labute approximate surface area is 139 Å². The number of amides is 1. The molecule has 130 valence electrons. The largest absolute Gasteiger partial charge is 0.353 e. The molecule has 1 N–H and O–H groups in total. The van der Waals surface area contributed by atoms with Crippen LogP contribution in [0.2, 0.25) is 0 Å². The number of rotatable bonds is 11. The Bertz CT molecular complexity index is 497. The lowest BCUT2D eigenvalue weighted by molar-refractivity contribution is -0.121. The second-order valence-electron chi connectivity index (χ2n) is 5.25. The van der Waals surface area contributed by atoms with Crippen molar-refractivity contribution in [3.63, 3.8) is 0 Å². The molecule has 1 rings (SSSR count). The fraction of sp³-hybridized carbons (Fsp3) is 0.588. The van der Waals surface area contributed by atoms with Crippen molar-refractivity contribution in [3.8, 4) is 0 Å². The quantitative estimate of drug-likeness (QED) is 0.615. The lowest BCUT2D eigenvalue weighted by Gasteiger charge is -2.27. The van der Waals surface area contributed by atoms with Gasteiger partial charge in [-0.25, -0.2) is 0 Å². The second kappa shape index (κ2) is 10.6. The van der Waals surface area contributed by atoms with E-state index in [-0.39, 0.29) is 19.1 Å². The fourth-order valence-corrected chi connectivity index (χ4v) is 4.14. The molecule has 0 aromatic heterocycles. The standard InChI is InChI=1S/C17H28NO4P/c1-4-7-13-16(19)18-17(14-15-11-9-8-10-12-15)23(20,21-5-2)22-6-3/h8-12,17H,4-7,13-14H2,1-3H3,(H,18,19)/t17-/m1/s1. The number of benzene rings is 1. The van der Waals surface area contributed by atoms with Gasteiger partial charge in [-0.05, 0) is 25.8 Å². The first-order valence-electron chi connectivity index (χ1n) is 8.27. The third-order valence-electron chi connectivity index (χ3n) is 3.36. The Morgan fingerprint density at radius 3 is 2.26 bits per heavy atom. The van der Waals surface area contributed by atoms with Crippen molar-refractivity contribution >= 4 is 13.5 Å². The van der Waals surface area contributed by atoms with Crippen molar-refractivity contribution in [1.29, 1.82) is 0 Å². The molecule has 0 saturated heterocycles. The molecule has 0 aliphatic carbocycles. The number of unbranched alkanes of at least 4 members (excludes halogenated alkanes) is 1. The molecule has 0 unspecified atom stereocenters. The van der Waals surface area contributed by atoms with Crippen LogP contribution < -0.4 is 5.32 Å². The van der Waals surface area contributed by atoms with Crippen LogP contribution in [0.25, 0.3) is 0 Å². The van der Waals surface area contributed by atoms with Crippen LogP contribution >= 0.6 is 7.60 Å². The summed E-state index contributed by atoms with van der Waals surface area (Å²) in [5, 5.41) is 2.86. The topological polar surface area (TPSA) is 64.6 Å². The predicted molar refractivity (Wildman–Crippen MR) is 92.5 cm³/mol. The normalized spacial score (nSPS) is 12.8. The van der Waals surface area contributed by atoms with Crippen LogP contribution in [0.4, 0.5) is 0 Å². The molecular formula is C17H28NO4P. The second-order valence-corrected chi connectivity index (χ2v) is 7.47. The van der Waals surface area contributed by atoms with Gasteiger partial charge in [-0.3, -0.25) is 9.36 Å². The molecule has 1 amide bonds. The van der Waals surface area contributed by atoms with Gasteiger partial charge in [-0.1, -0.05) is 43.7 Å². The average Bonchev–Trinajstić information content (AvgIpc) is 2.54. The first-order chi connectivity index (χ1) is 11.1. The summed E-state index contributed by atoms with van der Waals surface area (Å²) in [4.78, 5) is 12.1. The Morgan fingerprint density at radius 1 is 1.13 bits per heavy atom. The monoisotopic (exact) mass is 341 g/mol. The third-order valence-corrected chi connectivity index (χ3v) is 5.67. The van der Waals surface area contributed by atoms with Crippen molar-refractivity contribution in [2.45, 2.75) is 52.2 Å². The van der Waals surface area contributed by atoms with Gasteiger partial charge in [0, 0.05) is 12.8 Å². The summed E-state index contributed by atoms with van der Waals surface area (Å²) in [7, 11) is -3.41. The summed E-state index contributed by atoms with van der Waals surface area (Å²) in [6.45, 7) is 6.11. The first kappa shape index (κ1) is 19.9. The SMILES string of the molecule is CCCCC(=O)N[C@@H](Cc1ccccc1)P(=O)(OCC)OCC. The van der Waals surface area contributed by atoms with E-state index in [2.05, 4.69) is 5.32 Å². The molecular weight excluding hydrogens is 313 g/mol. The van der Waals surface area contributed by atoms with Gasteiger partial charge in [0.15, 0.2) is 0 Å². The Kier molecular flexibility index (Phi) is 9.15. The maximum Gasteiger partial charge on any atom is 0.353 e. The van der Waals surface area contributed by atoms with E-state index in [0.29, 0.717) is 12.8 Å². The van der Waals surface area contributed by atoms with Crippen molar-refractivity contribution in [3.05, 3.63) is 35.9 Å². The molecule has 0 aliphatic rings. The summed E-state index contributed by atoms with van der Waals surface area (Å²) in [5.41, 5.74) is 0.980. The van der Waals surface area contributed by atoms with Crippen LogP contribution in [-0.4, -0.2) is 24.9 Å². The van der Waals surface area contributed by atoms with Gasteiger partial charge >= 0.3 is 7.60 Å². The number of hydrogen-bond acceptors (Lipinski definition) is 4. The molecule has 6 heteroatoms. The molecule has 0 spiro atoms. The number of hydrogen-bond donors (Lipinski definition) is 1. The lowest BCUT2D eigenvalue weighted by Crippen LogP contribution is -2.37. The predicted octanol–water partition coefficient (Wildman–Crippen LogP) is 4.13. The van der Waals surface area contributed by atoms with Gasteiger partial charge in [0.25, 0.3) is 0 Å². The highest BCUT2D eigenvalue weighted by Crippen LogP contribution is 2.52. The minimum atomic E-state index is -3.41. The summed E-state index contributed by atoms with van der Waals surface area (Å²) in [6.07, 6.45) is 2.57. The summed E-state index contributed by atoms with van der Waals surface area (Å²) in [6, 6.07) is 9.62. The summed E-state index contributed by atoms with van der Waals surface area (Å²) >= 11 is 0. The molecule has 23 heavy (non-hydrogen) atoms. The highest BCUT2D eigenvalue weighted by atomic mass is 31.2. The van der Waals surface area contributed by atoms with E-state index in [0.717, 1.165) is 18.4 Å². The van der Waals surface area contributed by atoms with Crippen LogP contribution in [0.1, 0.15) is 45.6 Å². The van der Waals surface area contributed by atoms with Crippen LogP contribution in [0, 0.1) is 0 Å². The van der Waals surface area contributed by atoms with Crippen molar-refractivity contribution in [2.75, 3.05) is 13.2 Å². The molecule has 1 atom stereocenters. The summed E-state index contributed by atoms with van der Waals surface area (Å²) < 4.78 is 23.9. The van der Waals surface area contributed by atoms with Gasteiger partial charge in [0.2, 0.25) is 5.91 Å². The molecule has 5 nitrogen and oxygen atoms in total. The van der Waals surface area contributed by atoms with Gasteiger partial charge in [0.05, 0.1) is 13.2 Å². The number of carbonyl (C=O) groups excluding carboxylic acids is 1. The average molecular weight is 341 g/mol. The molecule has 0 bridgehead atoms. The van der Waals surface area contributed by atoms with Crippen LogP contribution in [0.5, 0.6) is 0 Å². The van der Waals surface area contributed by atoms with Crippen LogP contribution in [-0.2, 0) is 24.8 Å². The first-order valence-corrected chi connectivity index (χ1v) is 9.89. The number of nitrogens with one attached hydrogen (secondary N) is 1. The third kappa shape index (κ3) is 6.86. The van der Waals surface area contributed by atoms with Crippen LogP contribution in [0.3, 0.4) is 0 Å². The minimum Gasteiger partial charge on any atom is -0.342 e. The molecule has 0 aliphatic heterocycles. The maximum absolute atomic E-state index is 13.1. The van der Waals surface area contributed by atoms with Crippen LogP contribution in [0.15, 0.2) is 30.3 Å². The van der Waals surface area contributed by atoms with Crippen molar-refractivity contribution in [2.24, 2.45) is 0 Å². The Morgan fingerprint density at radius 2 is 1.74 bits per heavy atom. The molecule has 0 heterocycles. The van der Waals surface area contributed by atoms with Crippen molar-refractivity contribution < 1.29 is 18.4 Å². The van der Waals surface area contributed by atoms with Gasteiger partial charge in [-0.2, -0.15) is 0 Å². The maximum atomic E-state index is 13.1. The van der Waals surface area contributed by atoms with Gasteiger partial charge < -0.3 is 14.4 Å². The lowest BCUT2D eigenvalue weighted by atomic mass is 10.1. The van der Waals surface area contributed by atoms with E-state index in [1.807, 2.05) is 37.3 Å². The smallest absolute Gasteiger partial charge is 0.342 e. The highest BCUT2D eigenvalue weighted by molar-refractivity contribution is 7.54. The summed E-state index contributed by atoms with van der Waals surface area (Å²) in [5.74, 6) is -0.790. The Balaban J connectivity index is 2.93. The fourth-order valence-electron chi connectivity index (χ4n) is 2.25. The number of carbonyl (C=O) groups is 1. The van der Waals surface area contributed by atoms with E-state index in [1.165, 1.54) is 0 Å². The van der Waals surface area contributed by atoms with E-state index in [9.17, 15) is 9.36 Å². The zero-order chi connectivity index (χ0) is 17.1. The van der Waals surface area contributed by atoms with Gasteiger partial charge in [-0.15, -0.1) is 0 Å². The van der Waals surface area contributed by atoms with E-state index < -0.39 is 13.4 Å². The molecule has 0 fully saturated rings. The van der Waals surface area contributed by atoms with Gasteiger partial charge in [0.1, 0.15) is 5.78 Å². The zero-order valence-corrected chi connectivity index (χ0v) is 15.2.